The largest absolute Gasteiger partial charge is 0.463 e. The number of alkyl halides is 3. The number of benzene rings is 1. The number of amides is 1. The third-order valence-electron chi connectivity index (χ3n) is 5.02. The molecule has 10 heteroatoms. The molecule has 1 aliphatic heterocycles. The maximum absolute atomic E-state index is 13.4. The molecule has 1 aromatic rings. The van der Waals surface area contributed by atoms with Crippen molar-refractivity contribution in [2.24, 2.45) is 0 Å². The number of rotatable bonds is 6. The Morgan fingerprint density at radius 2 is 1.36 bits per heavy atom. The zero-order chi connectivity index (χ0) is 24.9. The molecule has 7 nitrogen and oxygen atoms in total. The van der Waals surface area contributed by atoms with Crippen LogP contribution in [-0.2, 0) is 30.0 Å². The molecule has 1 aliphatic rings. The smallest absolute Gasteiger partial charge is 0.418 e. The summed E-state index contributed by atoms with van der Waals surface area (Å²) in [5.41, 5.74) is -1.07. The molecule has 1 amide bonds. The third-order valence-corrected chi connectivity index (χ3v) is 5.02. The number of hydrogen-bond acceptors (Lipinski definition) is 6. The second kappa shape index (κ2) is 10.5. The van der Waals surface area contributed by atoms with Gasteiger partial charge in [0.15, 0.2) is 0 Å². The van der Waals surface area contributed by atoms with Crippen molar-refractivity contribution in [3.05, 3.63) is 57.9 Å². The van der Waals surface area contributed by atoms with E-state index in [9.17, 15) is 27.6 Å². The summed E-state index contributed by atoms with van der Waals surface area (Å²) in [4.78, 5) is 39.7. The predicted molar refractivity (Wildman–Crippen MR) is 112 cm³/mol. The van der Waals surface area contributed by atoms with E-state index in [0.717, 1.165) is 17.0 Å². The Morgan fingerprint density at radius 1 is 0.879 bits per heavy atom. The minimum atomic E-state index is -4.65. The molecule has 180 valence electrons. The number of allylic oxidation sites excluding steroid dienone is 2. The van der Waals surface area contributed by atoms with Gasteiger partial charge in [-0.15, -0.1) is 0 Å². The van der Waals surface area contributed by atoms with E-state index in [2.05, 4.69) is 0 Å². The molecule has 0 saturated heterocycles. The summed E-state index contributed by atoms with van der Waals surface area (Å²) in [7, 11) is 0. The summed E-state index contributed by atoms with van der Waals surface area (Å²) in [6, 6.07) is 4.31. The zero-order valence-corrected chi connectivity index (χ0v) is 19.0. The molecule has 1 heterocycles. The minimum Gasteiger partial charge on any atom is -0.463 e. The van der Waals surface area contributed by atoms with Gasteiger partial charge in [0.2, 0.25) is 0 Å². The highest BCUT2D eigenvalue weighted by Crippen LogP contribution is 2.44. The Bertz CT molecular complexity index is 954. The third kappa shape index (κ3) is 5.37. The van der Waals surface area contributed by atoms with E-state index in [0.29, 0.717) is 0 Å². The molecule has 0 saturated carbocycles. The van der Waals surface area contributed by atoms with Crippen LogP contribution in [0.5, 0.6) is 0 Å². The second-order valence-electron chi connectivity index (χ2n) is 7.03. The fourth-order valence-electron chi connectivity index (χ4n) is 3.69. The predicted octanol–water partition coefficient (Wildman–Crippen LogP) is 4.94. The lowest BCUT2D eigenvalue weighted by Gasteiger charge is -2.36. The molecule has 0 spiro atoms. The SMILES string of the molecule is CCOC(=O)C1=C(C)N(C(=O)OCC)C(C)=C(C(=O)OCC)C1c1cccc(C(F)(F)F)c1. The topological polar surface area (TPSA) is 82.1 Å². The van der Waals surface area contributed by atoms with Crippen LogP contribution in [0.3, 0.4) is 0 Å². The van der Waals surface area contributed by atoms with Gasteiger partial charge in [-0.1, -0.05) is 18.2 Å². The molecule has 0 atom stereocenters. The fourth-order valence-corrected chi connectivity index (χ4v) is 3.69. The average Bonchev–Trinajstić information content (AvgIpc) is 2.73. The van der Waals surface area contributed by atoms with E-state index in [1.807, 2.05) is 0 Å². The van der Waals surface area contributed by atoms with E-state index >= 15 is 0 Å². The van der Waals surface area contributed by atoms with Gasteiger partial charge in [0.05, 0.1) is 42.4 Å². The maximum Gasteiger partial charge on any atom is 0.418 e. The first kappa shape index (κ1) is 26.0. The van der Waals surface area contributed by atoms with Crippen molar-refractivity contribution in [2.75, 3.05) is 19.8 Å². The van der Waals surface area contributed by atoms with Gasteiger partial charge in [-0.2, -0.15) is 13.2 Å². The van der Waals surface area contributed by atoms with Crippen LogP contribution in [-0.4, -0.2) is 42.8 Å². The van der Waals surface area contributed by atoms with Crippen LogP contribution in [0.25, 0.3) is 0 Å². The minimum absolute atomic E-state index is 0.0242. The molecule has 2 rings (SSSR count). The van der Waals surface area contributed by atoms with Gasteiger partial charge < -0.3 is 14.2 Å². The summed E-state index contributed by atoms with van der Waals surface area (Å²) in [6.45, 7) is 7.56. The molecule has 0 radical (unpaired) electrons. The lowest BCUT2D eigenvalue weighted by Crippen LogP contribution is -2.39. The number of hydrogen-bond donors (Lipinski definition) is 0. The number of nitrogens with zero attached hydrogens (tertiary/aromatic N) is 1. The summed E-state index contributed by atoms with van der Waals surface area (Å²) in [5, 5.41) is 0. The molecular weight excluding hydrogens is 443 g/mol. The Kier molecular flexibility index (Phi) is 8.29. The molecule has 1 aromatic carbocycles. The monoisotopic (exact) mass is 469 g/mol. The summed E-state index contributed by atoms with van der Waals surface area (Å²) in [6.07, 6.45) is -5.49. The van der Waals surface area contributed by atoms with Crippen molar-refractivity contribution >= 4 is 18.0 Å². The summed E-state index contributed by atoms with van der Waals surface area (Å²) in [5.74, 6) is -3.00. The van der Waals surface area contributed by atoms with Crippen molar-refractivity contribution in [1.29, 1.82) is 0 Å². The van der Waals surface area contributed by atoms with Gasteiger partial charge in [0.1, 0.15) is 0 Å². The molecule has 0 aliphatic carbocycles. The van der Waals surface area contributed by atoms with Crippen molar-refractivity contribution in [1.82, 2.24) is 4.90 Å². The van der Waals surface area contributed by atoms with Crippen LogP contribution in [0.1, 0.15) is 51.7 Å². The van der Waals surface area contributed by atoms with Crippen LogP contribution in [0.4, 0.5) is 18.0 Å². The number of halogens is 3. The molecule has 33 heavy (non-hydrogen) atoms. The fraction of sp³-hybridized carbons (Fsp3) is 0.435. The van der Waals surface area contributed by atoms with Gasteiger partial charge in [0.25, 0.3) is 0 Å². The van der Waals surface area contributed by atoms with Gasteiger partial charge in [-0.25, -0.2) is 14.4 Å². The Labute approximate surface area is 189 Å². The van der Waals surface area contributed by atoms with Gasteiger partial charge in [-0.05, 0) is 46.2 Å². The molecule has 0 aromatic heterocycles. The van der Waals surface area contributed by atoms with Crippen molar-refractivity contribution in [3.63, 3.8) is 0 Å². The lowest BCUT2D eigenvalue weighted by atomic mass is 9.79. The number of carbonyl (C=O) groups excluding carboxylic acids is 3. The van der Waals surface area contributed by atoms with Crippen molar-refractivity contribution < 1.29 is 41.8 Å². The van der Waals surface area contributed by atoms with Crippen LogP contribution in [0.2, 0.25) is 0 Å². The van der Waals surface area contributed by atoms with Crippen LogP contribution in [0.15, 0.2) is 46.8 Å². The van der Waals surface area contributed by atoms with E-state index in [-0.39, 0.29) is 47.9 Å². The molecule has 0 N–H and O–H groups in total. The lowest BCUT2D eigenvalue weighted by molar-refractivity contribution is -0.140. The normalized spacial score (nSPS) is 15.0. The van der Waals surface area contributed by atoms with Crippen molar-refractivity contribution in [2.45, 2.75) is 46.7 Å². The van der Waals surface area contributed by atoms with E-state index in [1.54, 1.807) is 20.8 Å². The van der Waals surface area contributed by atoms with Gasteiger partial charge in [0, 0.05) is 11.4 Å². The number of carbonyl (C=O) groups is 3. The Balaban J connectivity index is 2.87. The quantitative estimate of drug-likeness (QED) is 0.434. The number of ether oxygens (including phenoxy) is 3. The first-order chi connectivity index (χ1) is 15.5. The van der Waals surface area contributed by atoms with E-state index < -0.39 is 35.7 Å². The molecule has 0 fully saturated rings. The van der Waals surface area contributed by atoms with Gasteiger partial charge in [-0.3, -0.25) is 4.90 Å². The molecule has 0 bridgehead atoms. The highest BCUT2D eigenvalue weighted by molar-refractivity contribution is 6.01. The number of esters is 2. The van der Waals surface area contributed by atoms with Gasteiger partial charge >= 0.3 is 24.2 Å². The molecule has 0 unspecified atom stereocenters. The summed E-state index contributed by atoms with van der Waals surface area (Å²) < 4.78 is 55.6. The standard InChI is InChI=1S/C23H26F3NO6/c1-6-31-20(28)17-13(4)27(22(30)33-8-3)14(5)18(21(29)32-7-2)19(17)15-10-9-11-16(12-15)23(24,25)26/h9-12,19H,6-8H2,1-5H3. The summed E-state index contributed by atoms with van der Waals surface area (Å²) >= 11 is 0. The van der Waals surface area contributed by atoms with Crippen LogP contribution in [0, 0.1) is 0 Å². The first-order valence-corrected chi connectivity index (χ1v) is 10.4. The van der Waals surface area contributed by atoms with Crippen molar-refractivity contribution in [3.8, 4) is 0 Å². The van der Waals surface area contributed by atoms with Crippen LogP contribution < -0.4 is 0 Å². The van der Waals surface area contributed by atoms with E-state index in [4.69, 9.17) is 14.2 Å². The Hall–Kier alpha value is -3.30. The second-order valence-corrected chi connectivity index (χ2v) is 7.03. The molecular formula is C23H26F3NO6. The van der Waals surface area contributed by atoms with E-state index in [1.165, 1.54) is 26.0 Å². The maximum atomic E-state index is 13.4. The average molecular weight is 469 g/mol. The highest BCUT2D eigenvalue weighted by Gasteiger charge is 2.43. The first-order valence-electron chi connectivity index (χ1n) is 10.4. The Morgan fingerprint density at radius 3 is 1.79 bits per heavy atom. The highest BCUT2D eigenvalue weighted by atomic mass is 19.4. The van der Waals surface area contributed by atoms with Crippen LogP contribution >= 0.6 is 0 Å². The zero-order valence-electron chi connectivity index (χ0n) is 19.0.